The number of nitrogens with zero attached hydrogens (tertiary/aromatic N) is 4. The van der Waals surface area contributed by atoms with Crippen molar-refractivity contribution in [3.05, 3.63) is 79.2 Å². The Morgan fingerprint density at radius 1 is 1.04 bits per heavy atom. The second-order valence-electron chi connectivity index (χ2n) is 5.14. The van der Waals surface area contributed by atoms with Crippen LogP contribution in [0.4, 0.5) is 0 Å². The molecular formula is C18H14N4O2. The van der Waals surface area contributed by atoms with E-state index in [4.69, 9.17) is 9.15 Å². The molecule has 0 aliphatic rings. The standard InChI is InChI=1S/C18H14N4O2/c1-2-5-14(6-3-1)18-21-15(11-24-18)10-23-17-8-4-7-16(9-17)22-13-19-12-20-22/h1-9,11-13H,10H2. The van der Waals surface area contributed by atoms with Gasteiger partial charge in [-0.2, -0.15) is 5.10 Å². The molecule has 0 radical (unpaired) electrons. The molecule has 0 spiro atoms. The Labute approximate surface area is 138 Å². The molecule has 0 unspecified atom stereocenters. The zero-order valence-corrected chi connectivity index (χ0v) is 12.7. The van der Waals surface area contributed by atoms with Crippen LogP contribution in [0, 0.1) is 0 Å². The van der Waals surface area contributed by atoms with Crippen molar-refractivity contribution in [1.29, 1.82) is 0 Å². The molecule has 0 fully saturated rings. The fourth-order valence-electron chi connectivity index (χ4n) is 2.30. The van der Waals surface area contributed by atoms with Crippen LogP contribution in [0.1, 0.15) is 5.69 Å². The molecule has 6 heteroatoms. The van der Waals surface area contributed by atoms with Crippen LogP contribution in [0.5, 0.6) is 5.75 Å². The Balaban J connectivity index is 1.46. The average Bonchev–Trinajstić information content (AvgIpc) is 3.33. The fraction of sp³-hybridized carbons (Fsp3) is 0.0556. The summed E-state index contributed by atoms with van der Waals surface area (Å²) in [4.78, 5) is 8.39. The van der Waals surface area contributed by atoms with Crippen molar-refractivity contribution in [1.82, 2.24) is 19.7 Å². The van der Waals surface area contributed by atoms with Crippen LogP contribution in [0.2, 0.25) is 0 Å². The summed E-state index contributed by atoms with van der Waals surface area (Å²) in [5.74, 6) is 1.32. The highest BCUT2D eigenvalue weighted by Crippen LogP contribution is 2.20. The molecule has 2 aromatic carbocycles. The maximum Gasteiger partial charge on any atom is 0.226 e. The van der Waals surface area contributed by atoms with Crippen LogP contribution < -0.4 is 4.74 Å². The zero-order valence-electron chi connectivity index (χ0n) is 12.7. The summed E-state index contributed by atoms with van der Waals surface area (Å²) in [7, 11) is 0. The van der Waals surface area contributed by atoms with E-state index in [-0.39, 0.29) is 0 Å². The second-order valence-corrected chi connectivity index (χ2v) is 5.14. The van der Waals surface area contributed by atoms with E-state index in [1.165, 1.54) is 6.33 Å². The van der Waals surface area contributed by atoms with Gasteiger partial charge in [0.15, 0.2) is 0 Å². The van der Waals surface area contributed by atoms with Crippen molar-refractivity contribution in [2.75, 3.05) is 0 Å². The first kappa shape index (κ1) is 14.2. The van der Waals surface area contributed by atoms with Gasteiger partial charge in [0.1, 0.15) is 37.0 Å². The first-order valence-corrected chi connectivity index (χ1v) is 7.46. The molecule has 2 heterocycles. The van der Waals surface area contributed by atoms with Crippen molar-refractivity contribution in [3.8, 4) is 22.9 Å². The second kappa shape index (κ2) is 6.37. The van der Waals surface area contributed by atoms with Crippen LogP contribution in [0.25, 0.3) is 17.1 Å². The summed E-state index contributed by atoms with van der Waals surface area (Å²) in [6.07, 6.45) is 4.75. The van der Waals surface area contributed by atoms with Crippen molar-refractivity contribution < 1.29 is 9.15 Å². The van der Waals surface area contributed by atoms with E-state index >= 15 is 0 Å². The maximum absolute atomic E-state index is 5.80. The van der Waals surface area contributed by atoms with Gasteiger partial charge in [-0.05, 0) is 24.3 Å². The number of hydrogen-bond acceptors (Lipinski definition) is 5. The third-order valence-electron chi connectivity index (χ3n) is 3.46. The number of ether oxygens (including phenoxy) is 1. The molecule has 118 valence electrons. The van der Waals surface area contributed by atoms with E-state index in [1.807, 2.05) is 54.6 Å². The van der Waals surface area contributed by atoms with E-state index in [0.29, 0.717) is 12.5 Å². The summed E-state index contributed by atoms with van der Waals surface area (Å²) < 4.78 is 13.0. The third-order valence-corrected chi connectivity index (χ3v) is 3.46. The molecule has 0 atom stereocenters. The molecule has 0 aliphatic heterocycles. The molecule has 24 heavy (non-hydrogen) atoms. The Morgan fingerprint density at radius 2 is 1.96 bits per heavy atom. The normalized spacial score (nSPS) is 10.7. The van der Waals surface area contributed by atoms with Gasteiger partial charge < -0.3 is 9.15 Å². The number of hydrogen-bond donors (Lipinski definition) is 0. The Morgan fingerprint density at radius 3 is 2.79 bits per heavy atom. The molecule has 0 saturated carbocycles. The minimum atomic E-state index is 0.331. The van der Waals surface area contributed by atoms with E-state index in [2.05, 4.69) is 15.1 Å². The SMILES string of the molecule is c1ccc(-c2nc(COc3cccc(-n4cncn4)c3)co2)cc1. The maximum atomic E-state index is 5.80. The van der Waals surface area contributed by atoms with Gasteiger partial charge in [-0.15, -0.1) is 0 Å². The Hall–Kier alpha value is -3.41. The minimum Gasteiger partial charge on any atom is -0.487 e. The number of benzene rings is 2. The van der Waals surface area contributed by atoms with E-state index in [9.17, 15) is 0 Å². The van der Waals surface area contributed by atoms with Gasteiger partial charge in [0.25, 0.3) is 0 Å². The lowest BCUT2D eigenvalue weighted by atomic mass is 10.2. The number of aromatic nitrogens is 4. The lowest BCUT2D eigenvalue weighted by Gasteiger charge is -2.06. The van der Waals surface area contributed by atoms with Gasteiger partial charge >= 0.3 is 0 Å². The Bertz CT molecular complexity index is 917. The van der Waals surface area contributed by atoms with E-state index in [0.717, 1.165) is 22.7 Å². The highest BCUT2D eigenvalue weighted by atomic mass is 16.5. The van der Waals surface area contributed by atoms with Crippen molar-refractivity contribution in [2.24, 2.45) is 0 Å². The number of oxazole rings is 1. The monoisotopic (exact) mass is 318 g/mol. The molecule has 0 amide bonds. The van der Waals surface area contributed by atoms with Gasteiger partial charge in [-0.25, -0.2) is 14.6 Å². The predicted octanol–water partition coefficient (Wildman–Crippen LogP) is 3.50. The van der Waals surface area contributed by atoms with Gasteiger partial charge in [0.05, 0.1) is 5.69 Å². The first-order chi connectivity index (χ1) is 11.9. The summed E-state index contributed by atoms with van der Waals surface area (Å²) in [6.45, 7) is 0.331. The lowest BCUT2D eigenvalue weighted by Crippen LogP contribution is -1.98. The number of rotatable bonds is 5. The van der Waals surface area contributed by atoms with Crippen LogP contribution in [-0.4, -0.2) is 19.7 Å². The van der Waals surface area contributed by atoms with E-state index < -0.39 is 0 Å². The van der Waals surface area contributed by atoms with Crippen LogP contribution in [0.3, 0.4) is 0 Å². The molecule has 4 rings (SSSR count). The summed E-state index contributed by atoms with van der Waals surface area (Å²) in [5, 5.41) is 4.11. The van der Waals surface area contributed by atoms with Crippen LogP contribution >= 0.6 is 0 Å². The molecule has 0 bridgehead atoms. The topological polar surface area (TPSA) is 66.0 Å². The van der Waals surface area contributed by atoms with Crippen LogP contribution in [-0.2, 0) is 6.61 Å². The van der Waals surface area contributed by atoms with Crippen molar-refractivity contribution in [2.45, 2.75) is 6.61 Å². The molecule has 0 saturated heterocycles. The molecule has 2 aromatic heterocycles. The summed E-state index contributed by atoms with van der Waals surface area (Å²) >= 11 is 0. The third kappa shape index (κ3) is 3.03. The van der Waals surface area contributed by atoms with E-state index in [1.54, 1.807) is 17.3 Å². The average molecular weight is 318 g/mol. The molecule has 4 aromatic rings. The largest absolute Gasteiger partial charge is 0.487 e. The highest BCUT2D eigenvalue weighted by molar-refractivity contribution is 5.52. The minimum absolute atomic E-state index is 0.331. The molecular weight excluding hydrogens is 304 g/mol. The fourth-order valence-corrected chi connectivity index (χ4v) is 2.30. The molecule has 0 N–H and O–H groups in total. The molecule has 0 aliphatic carbocycles. The van der Waals surface area contributed by atoms with Gasteiger partial charge in [0.2, 0.25) is 5.89 Å². The van der Waals surface area contributed by atoms with Gasteiger partial charge in [0, 0.05) is 11.6 Å². The summed E-state index contributed by atoms with van der Waals surface area (Å²) in [6, 6.07) is 17.4. The van der Waals surface area contributed by atoms with Gasteiger partial charge in [-0.3, -0.25) is 0 Å². The van der Waals surface area contributed by atoms with Gasteiger partial charge in [-0.1, -0.05) is 24.3 Å². The highest BCUT2D eigenvalue weighted by Gasteiger charge is 2.07. The zero-order chi connectivity index (χ0) is 16.2. The van der Waals surface area contributed by atoms with Crippen molar-refractivity contribution in [3.63, 3.8) is 0 Å². The van der Waals surface area contributed by atoms with Crippen molar-refractivity contribution >= 4 is 0 Å². The summed E-state index contributed by atoms with van der Waals surface area (Å²) in [5.41, 5.74) is 2.56. The first-order valence-electron chi connectivity index (χ1n) is 7.46. The predicted molar refractivity (Wildman–Crippen MR) is 87.6 cm³/mol. The smallest absolute Gasteiger partial charge is 0.226 e. The quantitative estimate of drug-likeness (QED) is 0.563. The Kier molecular flexibility index (Phi) is 3.77. The molecule has 6 nitrogen and oxygen atoms in total. The lowest BCUT2D eigenvalue weighted by molar-refractivity contribution is 0.301. The van der Waals surface area contributed by atoms with Crippen LogP contribution in [0.15, 0.2) is 77.9 Å².